The van der Waals surface area contributed by atoms with Gasteiger partial charge in [-0.1, -0.05) is 26.0 Å². The highest BCUT2D eigenvalue weighted by atomic mass is 16.5. The van der Waals surface area contributed by atoms with E-state index in [0.29, 0.717) is 25.6 Å². The maximum absolute atomic E-state index is 11.1. The molecule has 0 radical (unpaired) electrons. The zero-order valence-corrected chi connectivity index (χ0v) is 10.7. The number of hydrogen-bond acceptors (Lipinski definition) is 3. The Morgan fingerprint density at radius 1 is 1.24 bits per heavy atom. The minimum absolute atomic E-state index is 0.216. The monoisotopic (exact) mass is 236 g/mol. The molecule has 0 aromatic heterocycles. The van der Waals surface area contributed by atoms with E-state index >= 15 is 0 Å². The molecule has 3 heteroatoms. The fourth-order valence-corrected chi connectivity index (χ4v) is 1.43. The van der Waals surface area contributed by atoms with E-state index in [1.54, 1.807) is 6.92 Å². The van der Waals surface area contributed by atoms with Gasteiger partial charge in [-0.3, -0.25) is 4.79 Å². The van der Waals surface area contributed by atoms with Gasteiger partial charge >= 0.3 is 5.97 Å². The van der Waals surface area contributed by atoms with Gasteiger partial charge in [0.25, 0.3) is 0 Å². The van der Waals surface area contributed by atoms with Gasteiger partial charge in [-0.15, -0.1) is 0 Å². The number of ether oxygens (including phenoxy) is 2. The zero-order chi connectivity index (χ0) is 12.7. The maximum atomic E-state index is 11.1. The Morgan fingerprint density at radius 2 is 1.88 bits per heavy atom. The van der Waals surface area contributed by atoms with E-state index in [1.165, 1.54) is 5.56 Å². The van der Waals surface area contributed by atoms with E-state index in [1.807, 2.05) is 24.3 Å². The molecule has 1 aromatic carbocycles. The first-order chi connectivity index (χ1) is 8.13. The van der Waals surface area contributed by atoms with E-state index in [0.717, 1.165) is 5.75 Å². The highest BCUT2D eigenvalue weighted by molar-refractivity contribution is 5.69. The van der Waals surface area contributed by atoms with Crippen LogP contribution in [0.1, 0.15) is 38.7 Å². The summed E-state index contributed by atoms with van der Waals surface area (Å²) in [6.07, 6.45) is 0.291. The minimum Gasteiger partial charge on any atom is -0.493 e. The summed E-state index contributed by atoms with van der Waals surface area (Å²) < 4.78 is 10.3. The predicted octanol–water partition coefficient (Wildman–Crippen LogP) is 3.14. The van der Waals surface area contributed by atoms with Gasteiger partial charge in [0.05, 0.1) is 19.6 Å². The van der Waals surface area contributed by atoms with Gasteiger partial charge in [0, 0.05) is 0 Å². The Kier molecular flexibility index (Phi) is 5.53. The van der Waals surface area contributed by atoms with E-state index in [-0.39, 0.29) is 5.97 Å². The van der Waals surface area contributed by atoms with Crippen molar-refractivity contribution in [1.29, 1.82) is 0 Å². The lowest BCUT2D eigenvalue weighted by Gasteiger charge is -2.08. The Labute approximate surface area is 103 Å². The van der Waals surface area contributed by atoms with Crippen LogP contribution in [-0.4, -0.2) is 19.2 Å². The van der Waals surface area contributed by atoms with Gasteiger partial charge in [0.2, 0.25) is 0 Å². The summed E-state index contributed by atoms with van der Waals surface area (Å²) in [7, 11) is 0. The standard InChI is InChI=1S/C14H20O3/c1-4-16-14(15)9-10-17-13-7-5-12(6-8-13)11(2)3/h5-8,11H,4,9-10H2,1-3H3. The van der Waals surface area contributed by atoms with Crippen molar-refractivity contribution in [2.75, 3.05) is 13.2 Å². The number of esters is 1. The van der Waals surface area contributed by atoms with E-state index in [4.69, 9.17) is 9.47 Å². The first kappa shape index (κ1) is 13.6. The quantitative estimate of drug-likeness (QED) is 0.712. The number of carbonyl (C=O) groups is 1. The molecule has 0 aliphatic carbocycles. The van der Waals surface area contributed by atoms with Crippen LogP contribution in [0.15, 0.2) is 24.3 Å². The summed E-state index contributed by atoms with van der Waals surface area (Å²) in [6, 6.07) is 7.95. The van der Waals surface area contributed by atoms with Crippen LogP contribution in [0.5, 0.6) is 5.75 Å². The van der Waals surface area contributed by atoms with Crippen LogP contribution >= 0.6 is 0 Å². The Balaban J connectivity index is 2.35. The molecule has 1 aromatic rings. The lowest BCUT2D eigenvalue weighted by Crippen LogP contribution is -2.09. The Hall–Kier alpha value is -1.51. The van der Waals surface area contributed by atoms with Crippen molar-refractivity contribution in [2.45, 2.75) is 33.1 Å². The SMILES string of the molecule is CCOC(=O)CCOc1ccc(C(C)C)cc1. The molecule has 94 valence electrons. The van der Waals surface area contributed by atoms with Gasteiger partial charge in [0.1, 0.15) is 5.75 Å². The van der Waals surface area contributed by atoms with Gasteiger partial charge in [-0.25, -0.2) is 0 Å². The van der Waals surface area contributed by atoms with Crippen molar-refractivity contribution in [2.24, 2.45) is 0 Å². The number of carbonyl (C=O) groups excluding carboxylic acids is 1. The van der Waals surface area contributed by atoms with Crippen LogP contribution in [0.25, 0.3) is 0 Å². The van der Waals surface area contributed by atoms with Crippen LogP contribution in [0, 0.1) is 0 Å². The second kappa shape index (κ2) is 6.94. The van der Waals surface area contributed by atoms with E-state index < -0.39 is 0 Å². The molecule has 3 nitrogen and oxygen atoms in total. The van der Waals surface area contributed by atoms with Crippen LogP contribution in [0.3, 0.4) is 0 Å². The minimum atomic E-state index is -0.216. The zero-order valence-electron chi connectivity index (χ0n) is 10.7. The third-order valence-corrected chi connectivity index (χ3v) is 2.43. The van der Waals surface area contributed by atoms with Crippen molar-refractivity contribution in [3.8, 4) is 5.75 Å². The summed E-state index contributed by atoms with van der Waals surface area (Å²) >= 11 is 0. The third kappa shape index (κ3) is 4.89. The third-order valence-electron chi connectivity index (χ3n) is 2.43. The van der Waals surface area contributed by atoms with E-state index in [9.17, 15) is 4.79 Å². The van der Waals surface area contributed by atoms with Crippen molar-refractivity contribution in [3.05, 3.63) is 29.8 Å². The summed E-state index contributed by atoms with van der Waals surface area (Å²) in [4.78, 5) is 11.1. The first-order valence-electron chi connectivity index (χ1n) is 6.02. The van der Waals surface area contributed by atoms with Crippen LogP contribution in [0.4, 0.5) is 0 Å². The highest BCUT2D eigenvalue weighted by Gasteiger charge is 2.03. The second-order valence-corrected chi connectivity index (χ2v) is 4.13. The molecule has 1 rings (SSSR count). The second-order valence-electron chi connectivity index (χ2n) is 4.13. The van der Waals surface area contributed by atoms with Gasteiger partial charge < -0.3 is 9.47 Å². The van der Waals surface area contributed by atoms with Crippen LogP contribution in [0.2, 0.25) is 0 Å². The number of rotatable bonds is 6. The van der Waals surface area contributed by atoms with Crippen molar-refractivity contribution >= 4 is 5.97 Å². The van der Waals surface area contributed by atoms with Crippen molar-refractivity contribution in [3.63, 3.8) is 0 Å². The molecule has 0 aliphatic heterocycles. The Bertz CT molecular complexity index is 341. The summed E-state index contributed by atoms with van der Waals surface area (Å²) in [5.41, 5.74) is 1.28. The molecule has 0 atom stereocenters. The number of hydrogen-bond donors (Lipinski definition) is 0. The largest absolute Gasteiger partial charge is 0.493 e. The predicted molar refractivity (Wildman–Crippen MR) is 67.3 cm³/mol. The lowest BCUT2D eigenvalue weighted by molar-refractivity contribution is -0.143. The molecule has 0 saturated carbocycles. The Morgan fingerprint density at radius 3 is 2.41 bits per heavy atom. The molecular weight excluding hydrogens is 216 g/mol. The number of benzene rings is 1. The van der Waals surface area contributed by atoms with Crippen LogP contribution in [-0.2, 0) is 9.53 Å². The van der Waals surface area contributed by atoms with Gasteiger partial charge in [-0.05, 0) is 30.5 Å². The summed E-state index contributed by atoms with van der Waals surface area (Å²) in [5.74, 6) is 1.09. The van der Waals surface area contributed by atoms with Crippen LogP contribution < -0.4 is 4.74 Å². The molecule has 0 spiro atoms. The smallest absolute Gasteiger partial charge is 0.309 e. The van der Waals surface area contributed by atoms with Crippen molar-refractivity contribution < 1.29 is 14.3 Å². The fraction of sp³-hybridized carbons (Fsp3) is 0.500. The molecule has 0 amide bonds. The molecule has 0 unspecified atom stereocenters. The normalized spacial score (nSPS) is 10.4. The summed E-state index contributed by atoms with van der Waals surface area (Å²) in [5, 5.41) is 0. The highest BCUT2D eigenvalue weighted by Crippen LogP contribution is 2.18. The molecule has 0 N–H and O–H groups in total. The lowest BCUT2D eigenvalue weighted by atomic mass is 10.0. The first-order valence-corrected chi connectivity index (χ1v) is 6.02. The van der Waals surface area contributed by atoms with Gasteiger partial charge in [-0.2, -0.15) is 0 Å². The van der Waals surface area contributed by atoms with E-state index in [2.05, 4.69) is 13.8 Å². The fourth-order valence-electron chi connectivity index (χ4n) is 1.43. The molecule has 0 heterocycles. The molecule has 0 saturated heterocycles. The molecular formula is C14H20O3. The molecule has 0 aliphatic rings. The summed E-state index contributed by atoms with van der Waals surface area (Å²) in [6.45, 7) is 6.87. The van der Waals surface area contributed by atoms with Crippen molar-refractivity contribution in [1.82, 2.24) is 0 Å². The average molecular weight is 236 g/mol. The average Bonchev–Trinajstić information content (AvgIpc) is 2.30. The molecule has 17 heavy (non-hydrogen) atoms. The van der Waals surface area contributed by atoms with Gasteiger partial charge in [0.15, 0.2) is 0 Å². The topological polar surface area (TPSA) is 35.5 Å². The molecule has 0 bridgehead atoms. The molecule has 0 fully saturated rings. The maximum Gasteiger partial charge on any atom is 0.309 e.